The molecule has 1 unspecified atom stereocenters. The molecule has 0 fully saturated rings. The molecule has 20 heavy (non-hydrogen) atoms. The molecule has 2 rings (SSSR count). The number of hydrogen-bond acceptors (Lipinski definition) is 2. The maximum atomic E-state index is 12.1. The summed E-state index contributed by atoms with van der Waals surface area (Å²) < 4.78 is 0. The Hall–Kier alpha value is -2.07. The van der Waals surface area contributed by atoms with E-state index < -0.39 is 5.91 Å². The lowest BCUT2D eigenvalue weighted by atomic mass is 10.0. The van der Waals surface area contributed by atoms with Gasteiger partial charge in [-0.3, -0.25) is 9.59 Å². The van der Waals surface area contributed by atoms with Gasteiger partial charge in [-0.1, -0.05) is 30.7 Å². The van der Waals surface area contributed by atoms with Crippen LogP contribution >= 0.6 is 11.6 Å². The molecule has 2 N–H and O–H groups in total. The number of aromatic nitrogens is 1. The molecule has 2 aromatic rings. The highest BCUT2D eigenvalue weighted by molar-refractivity contribution is 6.30. The van der Waals surface area contributed by atoms with Crippen LogP contribution in [0, 0.1) is 0 Å². The Kier molecular flexibility index (Phi) is 4.58. The molecule has 0 aliphatic carbocycles. The number of nitrogens with one attached hydrogen (secondary N) is 2. The van der Waals surface area contributed by atoms with Gasteiger partial charge in [0.2, 0.25) is 0 Å². The zero-order valence-electron chi connectivity index (χ0n) is 11.0. The van der Waals surface area contributed by atoms with E-state index in [1.54, 1.807) is 6.07 Å². The van der Waals surface area contributed by atoms with Gasteiger partial charge in [0.05, 0.1) is 6.04 Å². The van der Waals surface area contributed by atoms with Crippen molar-refractivity contribution in [1.29, 1.82) is 0 Å². The van der Waals surface area contributed by atoms with Crippen molar-refractivity contribution in [2.75, 3.05) is 0 Å². The second kappa shape index (κ2) is 6.39. The summed E-state index contributed by atoms with van der Waals surface area (Å²) in [6.07, 6.45) is 3.60. The van der Waals surface area contributed by atoms with E-state index in [0.29, 0.717) is 11.4 Å². The van der Waals surface area contributed by atoms with Crippen molar-refractivity contribution < 1.29 is 4.79 Å². The minimum Gasteiger partial charge on any atom is -0.367 e. The molecule has 1 atom stereocenters. The molecule has 1 heterocycles. The number of H-pyrrole nitrogens is 1. The fourth-order valence-corrected chi connectivity index (χ4v) is 2.17. The largest absolute Gasteiger partial charge is 0.367 e. The number of aromatic amines is 1. The van der Waals surface area contributed by atoms with Crippen LogP contribution in [0.2, 0.25) is 5.02 Å². The molecule has 104 valence electrons. The minimum atomic E-state index is -0.390. The second-order valence-corrected chi connectivity index (χ2v) is 4.85. The van der Waals surface area contributed by atoms with E-state index in [9.17, 15) is 9.59 Å². The van der Waals surface area contributed by atoms with Gasteiger partial charge in [0.25, 0.3) is 5.91 Å². The smallest absolute Gasteiger partial charge is 0.257 e. The third kappa shape index (κ3) is 3.27. The number of benzene rings is 1. The number of carbonyl (C=O) groups is 1. The van der Waals surface area contributed by atoms with E-state index >= 15 is 0 Å². The molecule has 0 radical (unpaired) electrons. The Morgan fingerprint density at radius 3 is 2.85 bits per heavy atom. The topological polar surface area (TPSA) is 62.0 Å². The average molecular weight is 291 g/mol. The number of rotatable bonds is 4. The van der Waals surface area contributed by atoms with Crippen molar-refractivity contribution in [3.05, 3.63) is 69.1 Å². The highest BCUT2D eigenvalue weighted by atomic mass is 35.5. The van der Waals surface area contributed by atoms with Crippen molar-refractivity contribution in [2.45, 2.75) is 19.4 Å². The Morgan fingerprint density at radius 2 is 2.20 bits per heavy atom. The number of halogens is 1. The normalized spacial score (nSPS) is 11.9. The van der Waals surface area contributed by atoms with Gasteiger partial charge in [-0.15, -0.1) is 0 Å². The van der Waals surface area contributed by atoms with Crippen LogP contribution in [-0.2, 0) is 0 Å². The SMILES string of the molecule is CCC(NC(=O)c1c[nH]ccc1=O)c1cccc(Cl)c1. The monoisotopic (exact) mass is 290 g/mol. The third-order valence-electron chi connectivity index (χ3n) is 3.03. The van der Waals surface area contributed by atoms with Gasteiger partial charge in [0, 0.05) is 23.5 Å². The Labute approximate surface area is 121 Å². The van der Waals surface area contributed by atoms with Gasteiger partial charge in [0.15, 0.2) is 5.43 Å². The summed E-state index contributed by atoms with van der Waals surface area (Å²) in [5.41, 5.74) is 0.718. The molecule has 0 aliphatic heterocycles. The van der Waals surface area contributed by atoms with Crippen LogP contribution in [0.15, 0.2) is 47.5 Å². The van der Waals surface area contributed by atoms with Crippen LogP contribution in [-0.4, -0.2) is 10.9 Å². The van der Waals surface area contributed by atoms with Crippen molar-refractivity contribution in [3.8, 4) is 0 Å². The first-order chi connectivity index (χ1) is 9.61. The molecule has 0 spiro atoms. The van der Waals surface area contributed by atoms with Crippen LogP contribution in [0.1, 0.15) is 35.3 Å². The first-order valence-corrected chi connectivity index (χ1v) is 6.73. The molecule has 0 saturated carbocycles. The van der Waals surface area contributed by atoms with Crippen LogP contribution in [0.25, 0.3) is 0 Å². The van der Waals surface area contributed by atoms with E-state index in [0.717, 1.165) is 5.56 Å². The zero-order chi connectivity index (χ0) is 14.5. The van der Waals surface area contributed by atoms with Gasteiger partial charge >= 0.3 is 0 Å². The predicted molar refractivity (Wildman–Crippen MR) is 79.0 cm³/mol. The summed E-state index contributed by atoms with van der Waals surface area (Å²) in [7, 11) is 0. The number of pyridine rings is 1. The molecule has 0 bridgehead atoms. The lowest BCUT2D eigenvalue weighted by Crippen LogP contribution is -2.31. The summed E-state index contributed by atoms with van der Waals surface area (Å²) in [6, 6.07) is 8.47. The van der Waals surface area contributed by atoms with Crippen molar-refractivity contribution >= 4 is 17.5 Å². The van der Waals surface area contributed by atoms with E-state index in [-0.39, 0.29) is 17.0 Å². The Balaban J connectivity index is 2.21. The summed E-state index contributed by atoms with van der Waals surface area (Å²) in [5, 5.41) is 3.47. The van der Waals surface area contributed by atoms with E-state index in [2.05, 4.69) is 10.3 Å². The summed E-state index contributed by atoms with van der Waals surface area (Å²) >= 11 is 5.96. The molecule has 4 nitrogen and oxygen atoms in total. The maximum Gasteiger partial charge on any atom is 0.257 e. The summed E-state index contributed by atoms with van der Waals surface area (Å²) in [6.45, 7) is 1.96. The van der Waals surface area contributed by atoms with Gasteiger partial charge in [0.1, 0.15) is 5.56 Å². The van der Waals surface area contributed by atoms with Crippen molar-refractivity contribution in [3.63, 3.8) is 0 Å². The van der Waals surface area contributed by atoms with Gasteiger partial charge in [-0.25, -0.2) is 0 Å². The fraction of sp³-hybridized carbons (Fsp3) is 0.200. The molecule has 0 aliphatic rings. The predicted octanol–water partition coefficient (Wildman–Crippen LogP) is 2.91. The van der Waals surface area contributed by atoms with Crippen molar-refractivity contribution in [2.24, 2.45) is 0 Å². The summed E-state index contributed by atoms with van der Waals surface area (Å²) in [5.74, 6) is -0.390. The van der Waals surface area contributed by atoms with Crippen molar-refractivity contribution in [1.82, 2.24) is 10.3 Å². The Bertz CT molecular complexity index is 667. The van der Waals surface area contributed by atoms with Crippen LogP contribution in [0.3, 0.4) is 0 Å². The number of hydrogen-bond donors (Lipinski definition) is 2. The lowest BCUT2D eigenvalue weighted by molar-refractivity contribution is 0.0934. The zero-order valence-corrected chi connectivity index (χ0v) is 11.8. The molecular weight excluding hydrogens is 276 g/mol. The standard InChI is InChI=1S/C15H15ClN2O2/c1-2-13(10-4-3-5-11(16)8-10)18-15(20)12-9-17-7-6-14(12)19/h3-9,13H,2H2,1H3,(H,17,19)(H,18,20). The van der Waals surface area contributed by atoms with E-state index in [1.165, 1.54) is 18.5 Å². The van der Waals surface area contributed by atoms with Gasteiger partial charge in [-0.2, -0.15) is 0 Å². The molecule has 1 aromatic carbocycles. The lowest BCUT2D eigenvalue weighted by Gasteiger charge is -2.17. The molecule has 0 saturated heterocycles. The molecule has 1 aromatic heterocycles. The van der Waals surface area contributed by atoms with Gasteiger partial charge < -0.3 is 10.3 Å². The fourth-order valence-electron chi connectivity index (χ4n) is 1.97. The first kappa shape index (κ1) is 14.3. The van der Waals surface area contributed by atoms with Crippen LogP contribution in [0.4, 0.5) is 0 Å². The highest BCUT2D eigenvalue weighted by Gasteiger charge is 2.16. The maximum absolute atomic E-state index is 12.1. The van der Waals surface area contributed by atoms with E-state index in [4.69, 9.17) is 11.6 Å². The minimum absolute atomic E-state index is 0.105. The molecule has 5 heteroatoms. The first-order valence-electron chi connectivity index (χ1n) is 6.35. The number of carbonyl (C=O) groups excluding carboxylic acids is 1. The molecular formula is C15H15ClN2O2. The molecule has 1 amide bonds. The number of amides is 1. The Morgan fingerprint density at radius 1 is 1.40 bits per heavy atom. The third-order valence-corrected chi connectivity index (χ3v) is 3.27. The second-order valence-electron chi connectivity index (χ2n) is 4.41. The van der Waals surface area contributed by atoms with Crippen LogP contribution < -0.4 is 10.7 Å². The average Bonchev–Trinajstić information content (AvgIpc) is 2.45. The quantitative estimate of drug-likeness (QED) is 0.909. The summed E-state index contributed by atoms with van der Waals surface area (Å²) in [4.78, 5) is 26.5. The highest BCUT2D eigenvalue weighted by Crippen LogP contribution is 2.20. The van der Waals surface area contributed by atoms with Gasteiger partial charge in [-0.05, 0) is 24.1 Å². The van der Waals surface area contributed by atoms with E-state index in [1.807, 2.05) is 25.1 Å². The van der Waals surface area contributed by atoms with Crippen LogP contribution in [0.5, 0.6) is 0 Å².